The van der Waals surface area contributed by atoms with Crippen LogP contribution in [0.3, 0.4) is 0 Å². The van der Waals surface area contributed by atoms with Gasteiger partial charge in [-0.2, -0.15) is 0 Å². The van der Waals surface area contributed by atoms with E-state index in [-0.39, 0.29) is 11.3 Å². The van der Waals surface area contributed by atoms with Crippen LogP contribution in [0.15, 0.2) is 36.4 Å². The quantitative estimate of drug-likeness (QED) is 0.717. The van der Waals surface area contributed by atoms with Crippen LogP contribution < -0.4 is 14.8 Å². The number of nitrogens with one attached hydrogen (secondary N) is 1. The molecule has 6 heteroatoms. The number of hydrogen-bond acceptors (Lipinski definition) is 5. The monoisotopic (exact) mass is 368 g/mol. The number of fused-ring (bicyclic) bond motifs is 2. The smallest absolute Gasteiger partial charge is 0.257 e. The molecular weight excluding hydrogens is 348 g/mol. The van der Waals surface area contributed by atoms with Crippen LogP contribution in [0.2, 0.25) is 0 Å². The van der Waals surface area contributed by atoms with Crippen molar-refractivity contribution in [2.45, 2.75) is 26.2 Å². The van der Waals surface area contributed by atoms with Crippen LogP contribution in [0.4, 0.5) is 5.13 Å². The molecule has 0 saturated carbocycles. The van der Waals surface area contributed by atoms with E-state index >= 15 is 0 Å². The van der Waals surface area contributed by atoms with Gasteiger partial charge < -0.3 is 9.47 Å². The van der Waals surface area contributed by atoms with Crippen molar-refractivity contribution in [1.82, 2.24) is 4.98 Å². The number of anilines is 1. The number of aromatic nitrogens is 1. The third-order valence-corrected chi connectivity index (χ3v) is 5.22. The highest BCUT2D eigenvalue weighted by Crippen LogP contribution is 2.37. The Morgan fingerprint density at radius 1 is 1.08 bits per heavy atom. The second-order valence-electron chi connectivity index (χ2n) is 7.26. The van der Waals surface area contributed by atoms with Gasteiger partial charge in [0.2, 0.25) is 0 Å². The fourth-order valence-corrected chi connectivity index (χ4v) is 3.68. The highest BCUT2D eigenvalue weighted by Gasteiger charge is 2.17. The molecule has 5 nitrogen and oxygen atoms in total. The lowest BCUT2D eigenvalue weighted by Gasteiger charge is -2.18. The first kappa shape index (κ1) is 16.8. The van der Waals surface area contributed by atoms with E-state index < -0.39 is 0 Å². The first-order valence-electron chi connectivity index (χ1n) is 8.52. The van der Waals surface area contributed by atoms with Crippen LogP contribution in [0.25, 0.3) is 10.2 Å². The van der Waals surface area contributed by atoms with Gasteiger partial charge in [-0.15, -0.1) is 0 Å². The lowest BCUT2D eigenvalue weighted by molar-refractivity contribution is 0.102. The summed E-state index contributed by atoms with van der Waals surface area (Å²) in [5.74, 6) is 1.26. The maximum Gasteiger partial charge on any atom is 0.257 e. The highest BCUT2D eigenvalue weighted by atomic mass is 32.1. The Labute approximate surface area is 156 Å². The Bertz CT molecular complexity index is 928. The maximum absolute atomic E-state index is 12.5. The summed E-state index contributed by atoms with van der Waals surface area (Å²) in [5, 5.41) is 3.45. The van der Waals surface area contributed by atoms with Crippen molar-refractivity contribution < 1.29 is 14.3 Å². The molecule has 3 aromatic rings. The predicted molar refractivity (Wildman–Crippen MR) is 104 cm³/mol. The van der Waals surface area contributed by atoms with Gasteiger partial charge in [0.15, 0.2) is 16.6 Å². The largest absolute Gasteiger partial charge is 0.486 e. The number of carbonyl (C=O) groups excluding carboxylic acids is 1. The van der Waals surface area contributed by atoms with E-state index in [9.17, 15) is 4.79 Å². The van der Waals surface area contributed by atoms with Gasteiger partial charge in [-0.05, 0) is 23.1 Å². The predicted octanol–water partition coefficient (Wildman–Crippen LogP) is 4.62. The van der Waals surface area contributed by atoms with Crippen molar-refractivity contribution in [2.24, 2.45) is 0 Å². The van der Waals surface area contributed by atoms with Gasteiger partial charge >= 0.3 is 0 Å². The first-order valence-corrected chi connectivity index (χ1v) is 9.34. The molecule has 0 atom stereocenters. The molecule has 2 aromatic carbocycles. The van der Waals surface area contributed by atoms with Crippen LogP contribution in [-0.2, 0) is 5.41 Å². The number of nitrogens with zero attached hydrogens (tertiary/aromatic N) is 1. The van der Waals surface area contributed by atoms with Gasteiger partial charge in [0.25, 0.3) is 5.91 Å². The molecule has 1 aromatic heterocycles. The summed E-state index contributed by atoms with van der Waals surface area (Å²) >= 11 is 1.42. The second-order valence-corrected chi connectivity index (χ2v) is 8.29. The third kappa shape index (κ3) is 3.24. The molecule has 0 fully saturated rings. The second kappa shape index (κ2) is 6.29. The summed E-state index contributed by atoms with van der Waals surface area (Å²) in [6, 6.07) is 11.5. The Morgan fingerprint density at radius 3 is 2.38 bits per heavy atom. The number of benzene rings is 2. The first-order chi connectivity index (χ1) is 12.4. The van der Waals surface area contributed by atoms with Gasteiger partial charge in [0.05, 0.1) is 10.2 Å². The number of hydrogen-bond donors (Lipinski definition) is 1. The average molecular weight is 368 g/mol. The molecule has 134 valence electrons. The van der Waals surface area contributed by atoms with Gasteiger partial charge in [0, 0.05) is 17.7 Å². The fourth-order valence-electron chi connectivity index (χ4n) is 2.81. The zero-order valence-corrected chi connectivity index (χ0v) is 15.8. The minimum Gasteiger partial charge on any atom is -0.486 e. The van der Waals surface area contributed by atoms with Crippen LogP contribution >= 0.6 is 11.3 Å². The lowest BCUT2D eigenvalue weighted by Crippen LogP contribution is -2.15. The van der Waals surface area contributed by atoms with E-state index in [0.717, 1.165) is 16.0 Å². The molecule has 1 aliphatic heterocycles. The number of carbonyl (C=O) groups is 1. The molecular formula is C20H20N2O3S. The standard InChI is InChI=1S/C20H20N2O3S/c1-20(2,3)13-6-4-12(5-7-13)18(23)22-19-21-14-10-15-16(11-17(14)26-19)25-9-8-24-15/h4-7,10-11H,8-9H2,1-3H3,(H,21,22,23). The summed E-state index contributed by atoms with van der Waals surface area (Å²) in [5.41, 5.74) is 2.66. The van der Waals surface area contributed by atoms with Crippen LogP contribution in [0, 0.1) is 0 Å². The summed E-state index contributed by atoms with van der Waals surface area (Å²) < 4.78 is 12.1. The van der Waals surface area contributed by atoms with Crippen molar-refractivity contribution in [3.63, 3.8) is 0 Å². The van der Waals surface area contributed by atoms with Gasteiger partial charge in [-0.25, -0.2) is 4.98 Å². The van der Waals surface area contributed by atoms with E-state index in [1.54, 1.807) is 0 Å². The fraction of sp³-hybridized carbons (Fsp3) is 0.300. The average Bonchev–Trinajstić information content (AvgIpc) is 3.00. The molecule has 2 heterocycles. The molecule has 1 amide bonds. The molecule has 0 spiro atoms. The lowest BCUT2D eigenvalue weighted by atomic mass is 9.87. The minimum absolute atomic E-state index is 0.0608. The highest BCUT2D eigenvalue weighted by molar-refractivity contribution is 7.22. The number of rotatable bonds is 2. The normalized spacial score (nSPS) is 13.7. The number of ether oxygens (including phenoxy) is 2. The van der Waals surface area contributed by atoms with Gasteiger partial charge in [-0.3, -0.25) is 10.1 Å². The summed E-state index contributed by atoms with van der Waals surface area (Å²) in [6.07, 6.45) is 0. The molecule has 0 saturated heterocycles. The Morgan fingerprint density at radius 2 is 1.73 bits per heavy atom. The SMILES string of the molecule is CC(C)(C)c1ccc(C(=O)Nc2nc3cc4c(cc3s2)OCCO4)cc1. The molecule has 26 heavy (non-hydrogen) atoms. The molecule has 0 radical (unpaired) electrons. The molecule has 1 N–H and O–H groups in total. The molecule has 0 unspecified atom stereocenters. The van der Waals surface area contributed by atoms with E-state index in [1.165, 1.54) is 16.9 Å². The van der Waals surface area contributed by atoms with Crippen molar-refractivity contribution in [3.8, 4) is 11.5 Å². The van der Waals surface area contributed by atoms with E-state index in [1.807, 2.05) is 36.4 Å². The summed E-state index contributed by atoms with van der Waals surface area (Å²) in [7, 11) is 0. The molecule has 1 aliphatic rings. The van der Waals surface area contributed by atoms with Crippen molar-refractivity contribution in [3.05, 3.63) is 47.5 Å². The van der Waals surface area contributed by atoms with Crippen molar-refractivity contribution >= 4 is 32.6 Å². The Balaban J connectivity index is 1.55. The molecule has 0 bridgehead atoms. The summed E-state index contributed by atoms with van der Waals surface area (Å²) in [6.45, 7) is 7.53. The zero-order chi connectivity index (χ0) is 18.3. The van der Waals surface area contributed by atoms with Gasteiger partial charge in [-0.1, -0.05) is 44.2 Å². The molecule has 4 rings (SSSR count). The zero-order valence-electron chi connectivity index (χ0n) is 15.0. The Kier molecular flexibility index (Phi) is 4.07. The van der Waals surface area contributed by atoms with Crippen LogP contribution in [0.1, 0.15) is 36.7 Å². The topological polar surface area (TPSA) is 60.5 Å². The van der Waals surface area contributed by atoms with E-state index in [0.29, 0.717) is 29.7 Å². The number of amides is 1. The van der Waals surface area contributed by atoms with Crippen molar-refractivity contribution in [2.75, 3.05) is 18.5 Å². The van der Waals surface area contributed by atoms with Crippen molar-refractivity contribution in [1.29, 1.82) is 0 Å². The third-order valence-electron chi connectivity index (χ3n) is 4.29. The van der Waals surface area contributed by atoms with Gasteiger partial charge in [0.1, 0.15) is 13.2 Å². The Hall–Kier alpha value is -2.60. The maximum atomic E-state index is 12.5. The van der Waals surface area contributed by atoms with E-state index in [4.69, 9.17) is 9.47 Å². The number of thiazole rings is 1. The van der Waals surface area contributed by atoms with E-state index in [2.05, 4.69) is 31.1 Å². The van der Waals surface area contributed by atoms with Crippen LogP contribution in [-0.4, -0.2) is 24.1 Å². The minimum atomic E-state index is -0.165. The molecule has 0 aliphatic carbocycles. The van der Waals surface area contributed by atoms with Crippen LogP contribution in [0.5, 0.6) is 11.5 Å². The summed E-state index contributed by atoms with van der Waals surface area (Å²) in [4.78, 5) is 17.0.